The number of hydrogen-bond donors (Lipinski definition) is 1. The Labute approximate surface area is 127 Å². The lowest BCUT2D eigenvalue weighted by Crippen LogP contribution is -2.08. The van der Waals surface area contributed by atoms with Gasteiger partial charge in [-0.25, -0.2) is 0 Å². The monoisotopic (exact) mass is 283 g/mol. The lowest BCUT2D eigenvalue weighted by Gasteiger charge is -2.15. The van der Waals surface area contributed by atoms with E-state index in [2.05, 4.69) is 45.9 Å². The van der Waals surface area contributed by atoms with Crippen LogP contribution in [0.2, 0.25) is 0 Å². The van der Waals surface area contributed by atoms with Gasteiger partial charge in [0.2, 0.25) is 0 Å². The van der Waals surface area contributed by atoms with E-state index in [1.54, 1.807) is 0 Å². The Morgan fingerprint density at radius 2 is 1.71 bits per heavy atom. The molecule has 0 saturated heterocycles. The van der Waals surface area contributed by atoms with Crippen molar-refractivity contribution in [3.63, 3.8) is 0 Å². The van der Waals surface area contributed by atoms with E-state index in [4.69, 9.17) is 10.5 Å². The third kappa shape index (κ3) is 3.85. The number of hydrogen-bond acceptors (Lipinski definition) is 2. The highest BCUT2D eigenvalue weighted by molar-refractivity contribution is 5.42. The Bertz CT molecular complexity index is 587. The third-order valence-electron chi connectivity index (χ3n) is 3.77. The minimum atomic E-state index is 0.101. The van der Waals surface area contributed by atoms with Crippen LogP contribution in [0.15, 0.2) is 42.5 Å². The summed E-state index contributed by atoms with van der Waals surface area (Å²) < 4.78 is 6.08. The van der Waals surface area contributed by atoms with Gasteiger partial charge in [0, 0.05) is 6.04 Å². The van der Waals surface area contributed by atoms with Crippen molar-refractivity contribution >= 4 is 0 Å². The molecule has 0 aliphatic heterocycles. The predicted molar refractivity (Wildman–Crippen MR) is 89.0 cm³/mol. The van der Waals surface area contributed by atoms with Crippen LogP contribution >= 0.6 is 0 Å². The van der Waals surface area contributed by atoms with E-state index in [0.717, 1.165) is 23.5 Å². The Hall–Kier alpha value is -1.80. The molecule has 2 aromatic rings. The average Bonchev–Trinajstić information content (AvgIpc) is 2.47. The van der Waals surface area contributed by atoms with Crippen molar-refractivity contribution in [1.29, 1.82) is 0 Å². The van der Waals surface area contributed by atoms with Gasteiger partial charge >= 0.3 is 0 Å². The zero-order chi connectivity index (χ0) is 15.4. The van der Waals surface area contributed by atoms with Crippen molar-refractivity contribution in [2.75, 3.05) is 0 Å². The van der Waals surface area contributed by atoms with Gasteiger partial charge in [0.25, 0.3) is 0 Å². The summed E-state index contributed by atoms with van der Waals surface area (Å²) in [6, 6.07) is 14.6. The average molecular weight is 283 g/mol. The second kappa shape index (κ2) is 6.77. The van der Waals surface area contributed by atoms with Crippen molar-refractivity contribution in [1.82, 2.24) is 0 Å². The number of rotatable bonds is 5. The van der Waals surface area contributed by atoms with Crippen molar-refractivity contribution < 1.29 is 4.74 Å². The van der Waals surface area contributed by atoms with E-state index in [9.17, 15) is 0 Å². The van der Waals surface area contributed by atoms with Crippen molar-refractivity contribution in [3.05, 3.63) is 59.2 Å². The molecule has 0 heterocycles. The first-order chi connectivity index (χ1) is 10.0. The van der Waals surface area contributed by atoms with Crippen LogP contribution in [0.4, 0.5) is 0 Å². The molecule has 1 atom stereocenters. The van der Waals surface area contributed by atoms with Gasteiger partial charge in [-0.3, -0.25) is 0 Å². The van der Waals surface area contributed by atoms with Crippen LogP contribution in [-0.4, -0.2) is 0 Å². The summed E-state index contributed by atoms with van der Waals surface area (Å²) in [6.45, 7) is 8.54. The first-order valence-corrected chi connectivity index (χ1v) is 7.65. The lowest BCUT2D eigenvalue weighted by molar-refractivity contribution is 0.472. The van der Waals surface area contributed by atoms with E-state index in [1.807, 2.05) is 24.3 Å². The largest absolute Gasteiger partial charge is 0.457 e. The molecule has 2 N–H and O–H groups in total. The first kappa shape index (κ1) is 15.6. The summed E-state index contributed by atoms with van der Waals surface area (Å²) in [5.74, 6) is 2.24. The van der Waals surface area contributed by atoms with Crippen LogP contribution in [0, 0.1) is 6.92 Å². The van der Waals surface area contributed by atoms with Gasteiger partial charge in [-0.15, -0.1) is 0 Å². The predicted octanol–water partition coefficient (Wildman–Crippen LogP) is 5.32. The topological polar surface area (TPSA) is 35.2 Å². The van der Waals surface area contributed by atoms with Crippen molar-refractivity contribution in [2.45, 2.75) is 46.1 Å². The maximum Gasteiger partial charge on any atom is 0.131 e. The molecule has 112 valence electrons. The molecule has 2 nitrogen and oxygen atoms in total. The minimum absolute atomic E-state index is 0.101. The highest BCUT2D eigenvalue weighted by atomic mass is 16.5. The Morgan fingerprint density at radius 3 is 2.29 bits per heavy atom. The molecule has 0 bridgehead atoms. The summed E-state index contributed by atoms with van der Waals surface area (Å²) in [7, 11) is 0. The molecule has 2 rings (SSSR count). The van der Waals surface area contributed by atoms with Gasteiger partial charge in [-0.05, 0) is 54.2 Å². The van der Waals surface area contributed by atoms with E-state index in [0.29, 0.717) is 5.92 Å². The van der Waals surface area contributed by atoms with Gasteiger partial charge in [0.15, 0.2) is 0 Å². The summed E-state index contributed by atoms with van der Waals surface area (Å²) in [6.07, 6.45) is 0.940. The van der Waals surface area contributed by atoms with Gasteiger partial charge < -0.3 is 10.5 Å². The van der Waals surface area contributed by atoms with Crippen LogP contribution in [-0.2, 0) is 0 Å². The van der Waals surface area contributed by atoms with Crippen molar-refractivity contribution in [3.8, 4) is 11.5 Å². The van der Waals surface area contributed by atoms with Crippen molar-refractivity contribution in [2.24, 2.45) is 5.73 Å². The molecular weight excluding hydrogens is 258 g/mol. The smallest absolute Gasteiger partial charge is 0.131 e. The first-order valence-electron chi connectivity index (χ1n) is 7.65. The van der Waals surface area contributed by atoms with Crippen LogP contribution < -0.4 is 10.5 Å². The fourth-order valence-corrected chi connectivity index (χ4v) is 2.35. The standard InChI is InChI=1S/C19H25NO/c1-5-18(20)15-7-9-16(10-8-15)21-19-12-14(4)6-11-17(19)13(2)3/h6-13,18H,5,20H2,1-4H3/t18-/m1/s1. The van der Waals surface area contributed by atoms with Crippen LogP contribution in [0.5, 0.6) is 11.5 Å². The lowest BCUT2D eigenvalue weighted by atomic mass is 10.0. The molecule has 0 saturated carbocycles. The molecule has 0 radical (unpaired) electrons. The van der Waals surface area contributed by atoms with E-state index >= 15 is 0 Å². The molecule has 0 aliphatic carbocycles. The van der Waals surface area contributed by atoms with Gasteiger partial charge in [-0.1, -0.05) is 45.0 Å². The molecule has 0 aromatic heterocycles. The molecule has 0 aliphatic rings. The highest BCUT2D eigenvalue weighted by Crippen LogP contribution is 2.32. The zero-order valence-electron chi connectivity index (χ0n) is 13.4. The number of benzene rings is 2. The van der Waals surface area contributed by atoms with Gasteiger partial charge in [0.05, 0.1) is 0 Å². The molecule has 2 heteroatoms. The molecule has 2 aromatic carbocycles. The fourth-order valence-electron chi connectivity index (χ4n) is 2.35. The zero-order valence-corrected chi connectivity index (χ0v) is 13.4. The fraction of sp³-hybridized carbons (Fsp3) is 0.368. The summed E-state index contributed by atoms with van der Waals surface area (Å²) in [5, 5.41) is 0. The van der Waals surface area contributed by atoms with Crippen LogP contribution in [0.3, 0.4) is 0 Å². The highest BCUT2D eigenvalue weighted by Gasteiger charge is 2.10. The van der Waals surface area contributed by atoms with E-state index in [1.165, 1.54) is 11.1 Å². The quantitative estimate of drug-likeness (QED) is 0.806. The SMILES string of the molecule is CC[C@@H](N)c1ccc(Oc2cc(C)ccc2C(C)C)cc1. The summed E-state index contributed by atoms with van der Waals surface area (Å²) >= 11 is 0. The van der Waals surface area contributed by atoms with Gasteiger partial charge in [0.1, 0.15) is 11.5 Å². The molecular formula is C19H25NO. The summed E-state index contributed by atoms with van der Waals surface area (Å²) in [4.78, 5) is 0. The molecule has 0 unspecified atom stereocenters. The Balaban J connectivity index is 2.24. The van der Waals surface area contributed by atoms with E-state index in [-0.39, 0.29) is 6.04 Å². The minimum Gasteiger partial charge on any atom is -0.457 e. The Kier molecular flexibility index (Phi) is 5.03. The second-order valence-electron chi connectivity index (χ2n) is 5.88. The second-order valence-corrected chi connectivity index (χ2v) is 5.88. The Morgan fingerprint density at radius 1 is 1.05 bits per heavy atom. The molecule has 0 fully saturated rings. The van der Waals surface area contributed by atoms with Crippen LogP contribution in [0.25, 0.3) is 0 Å². The van der Waals surface area contributed by atoms with E-state index < -0.39 is 0 Å². The number of ether oxygens (including phenoxy) is 1. The molecule has 0 spiro atoms. The van der Waals surface area contributed by atoms with Gasteiger partial charge in [-0.2, -0.15) is 0 Å². The maximum atomic E-state index is 6.08. The number of nitrogens with two attached hydrogens (primary N) is 1. The van der Waals surface area contributed by atoms with Crippen LogP contribution in [0.1, 0.15) is 55.8 Å². The number of aryl methyl sites for hydroxylation is 1. The molecule has 0 amide bonds. The third-order valence-corrected chi connectivity index (χ3v) is 3.77. The normalized spacial score (nSPS) is 12.5. The molecule has 21 heavy (non-hydrogen) atoms. The maximum absolute atomic E-state index is 6.08. The summed E-state index contributed by atoms with van der Waals surface area (Å²) in [5.41, 5.74) is 9.63.